The molecule has 1 fully saturated rings. The highest BCUT2D eigenvalue weighted by Crippen LogP contribution is 2.27. The topological polar surface area (TPSA) is 35.5 Å². The molecule has 1 aromatic rings. The molecular weight excluding hydrogens is 223 g/mol. The Labute approximate surface area is 99.5 Å². The Bertz CT molecular complexity index is 431. The molecule has 0 aromatic heterocycles. The van der Waals surface area contributed by atoms with E-state index in [0.29, 0.717) is 6.61 Å². The lowest BCUT2D eigenvalue weighted by molar-refractivity contribution is -0.154. The van der Waals surface area contributed by atoms with Crippen molar-refractivity contribution in [1.29, 1.82) is 0 Å². The van der Waals surface area contributed by atoms with Crippen LogP contribution in [-0.4, -0.2) is 24.6 Å². The summed E-state index contributed by atoms with van der Waals surface area (Å²) >= 11 is 0. The zero-order chi connectivity index (χ0) is 12.4. The molecule has 0 bridgehead atoms. The Morgan fingerprint density at radius 3 is 2.88 bits per heavy atom. The molecule has 0 heterocycles. The Balaban J connectivity index is 2.06. The number of benzene rings is 1. The normalized spacial score (nSPS) is 23.4. The maximum Gasteiger partial charge on any atom is 0.169 e. The second-order valence-electron chi connectivity index (χ2n) is 4.14. The molecule has 0 saturated heterocycles. The molecule has 0 aliphatic heterocycles. The van der Waals surface area contributed by atoms with E-state index in [1.807, 2.05) is 13.8 Å². The van der Waals surface area contributed by atoms with E-state index >= 15 is 0 Å². The van der Waals surface area contributed by atoms with Gasteiger partial charge in [0.15, 0.2) is 23.5 Å². The van der Waals surface area contributed by atoms with Gasteiger partial charge in [-0.2, -0.15) is 0 Å². The van der Waals surface area contributed by atoms with E-state index in [4.69, 9.17) is 9.47 Å². The van der Waals surface area contributed by atoms with Gasteiger partial charge in [-0.3, -0.25) is 4.79 Å². The number of hydrogen-bond acceptors (Lipinski definition) is 3. The first-order valence-corrected chi connectivity index (χ1v) is 5.69. The highest BCUT2D eigenvalue weighted by atomic mass is 19.1. The molecule has 92 valence electrons. The summed E-state index contributed by atoms with van der Waals surface area (Å²) in [6.07, 6.45) is -0.614. The van der Waals surface area contributed by atoms with Crippen molar-refractivity contribution < 1.29 is 18.7 Å². The minimum atomic E-state index is -0.542. The number of rotatable bonds is 4. The highest BCUT2D eigenvalue weighted by Gasteiger charge is 2.42. The van der Waals surface area contributed by atoms with Gasteiger partial charge in [-0.1, -0.05) is 6.07 Å². The highest BCUT2D eigenvalue weighted by molar-refractivity contribution is 5.90. The SMILES string of the molecule is CCOC1C(=O)CC1Oc1cc(C)ccc1F. The van der Waals surface area contributed by atoms with E-state index in [2.05, 4.69) is 0 Å². The summed E-state index contributed by atoms with van der Waals surface area (Å²) in [6, 6.07) is 4.66. The number of carbonyl (C=O) groups excluding carboxylic acids is 1. The van der Waals surface area contributed by atoms with Gasteiger partial charge in [-0.15, -0.1) is 0 Å². The van der Waals surface area contributed by atoms with Crippen LogP contribution >= 0.6 is 0 Å². The van der Waals surface area contributed by atoms with Crippen molar-refractivity contribution in [3.05, 3.63) is 29.6 Å². The molecular formula is C13H15FO3. The molecule has 0 amide bonds. The molecule has 2 unspecified atom stereocenters. The fourth-order valence-electron chi connectivity index (χ4n) is 1.82. The van der Waals surface area contributed by atoms with E-state index in [1.54, 1.807) is 12.1 Å². The number of ether oxygens (including phenoxy) is 2. The van der Waals surface area contributed by atoms with Crippen molar-refractivity contribution in [2.24, 2.45) is 0 Å². The van der Waals surface area contributed by atoms with Gasteiger partial charge in [0.1, 0.15) is 6.10 Å². The first kappa shape index (κ1) is 12.0. The molecule has 3 nitrogen and oxygen atoms in total. The largest absolute Gasteiger partial charge is 0.484 e. The number of aryl methyl sites for hydroxylation is 1. The Kier molecular flexibility index (Phi) is 3.43. The third kappa shape index (κ3) is 2.47. The average molecular weight is 238 g/mol. The number of hydrogen-bond donors (Lipinski definition) is 0. The molecule has 0 N–H and O–H groups in total. The smallest absolute Gasteiger partial charge is 0.169 e. The van der Waals surface area contributed by atoms with E-state index in [-0.39, 0.29) is 24.1 Å². The molecule has 1 aromatic carbocycles. The van der Waals surface area contributed by atoms with Crippen molar-refractivity contribution >= 4 is 5.78 Å². The van der Waals surface area contributed by atoms with Crippen LogP contribution in [0.3, 0.4) is 0 Å². The van der Waals surface area contributed by atoms with Gasteiger partial charge in [-0.05, 0) is 31.5 Å². The lowest BCUT2D eigenvalue weighted by Crippen LogP contribution is -2.52. The first-order valence-electron chi connectivity index (χ1n) is 5.69. The predicted octanol–water partition coefficient (Wildman–Crippen LogP) is 2.26. The van der Waals surface area contributed by atoms with Crippen LogP contribution in [0.5, 0.6) is 5.75 Å². The summed E-state index contributed by atoms with van der Waals surface area (Å²) in [7, 11) is 0. The van der Waals surface area contributed by atoms with Crippen LogP contribution in [0.2, 0.25) is 0 Å². The lowest BCUT2D eigenvalue weighted by Gasteiger charge is -2.34. The van der Waals surface area contributed by atoms with E-state index in [9.17, 15) is 9.18 Å². The monoisotopic (exact) mass is 238 g/mol. The predicted molar refractivity (Wildman–Crippen MR) is 60.6 cm³/mol. The van der Waals surface area contributed by atoms with Crippen LogP contribution in [0.4, 0.5) is 4.39 Å². The molecule has 0 radical (unpaired) electrons. The van der Waals surface area contributed by atoms with Crippen LogP contribution < -0.4 is 4.74 Å². The van der Waals surface area contributed by atoms with Gasteiger partial charge in [0.05, 0.1) is 0 Å². The molecule has 4 heteroatoms. The van der Waals surface area contributed by atoms with Crippen molar-refractivity contribution in [3.63, 3.8) is 0 Å². The summed E-state index contributed by atoms with van der Waals surface area (Å²) < 4.78 is 24.2. The third-order valence-electron chi connectivity index (χ3n) is 2.77. The zero-order valence-corrected chi connectivity index (χ0v) is 9.90. The minimum Gasteiger partial charge on any atom is -0.484 e. The molecule has 1 aliphatic carbocycles. The number of carbonyl (C=O) groups is 1. The molecule has 2 atom stereocenters. The minimum absolute atomic E-state index is 0.0184. The molecule has 1 aliphatic rings. The maximum absolute atomic E-state index is 13.4. The van der Waals surface area contributed by atoms with Crippen LogP contribution in [-0.2, 0) is 9.53 Å². The summed E-state index contributed by atoms with van der Waals surface area (Å²) in [6.45, 7) is 4.13. The van der Waals surface area contributed by atoms with Gasteiger partial charge in [-0.25, -0.2) is 4.39 Å². The molecule has 0 spiro atoms. The summed E-state index contributed by atoms with van der Waals surface area (Å²) in [5.41, 5.74) is 0.917. The number of Topliss-reactive ketones (excluding diaryl/α,β-unsaturated/α-hetero) is 1. The fourth-order valence-corrected chi connectivity index (χ4v) is 1.82. The lowest BCUT2D eigenvalue weighted by atomic mass is 9.90. The van der Waals surface area contributed by atoms with Crippen molar-refractivity contribution in [1.82, 2.24) is 0 Å². The van der Waals surface area contributed by atoms with Gasteiger partial charge >= 0.3 is 0 Å². The van der Waals surface area contributed by atoms with Gasteiger partial charge in [0.2, 0.25) is 0 Å². The fraction of sp³-hybridized carbons (Fsp3) is 0.462. The quantitative estimate of drug-likeness (QED) is 0.807. The van der Waals surface area contributed by atoms with Crippen molar-refractivity contribution in [2.45, 2.75) is 32.5 Å². The van der Waals surface area contributed by atoms with E-state index < -0.39 is 11.9 Å². The Morgan fingerprint density at radius 1 is 1.47 bits per heavy atom. The third-order valence-corrected chi connectivity index (χ3v) is 2.77. The van der Waals surface area contributed by atoms with Crippen LogP contribution in [0.15, 0.2) is 18.2 Å². The maximum atomic E-state index is 13.4. The summed E-state index contributed by atoms with van der Waals surface area (Å²) in [5, 5.41) is 0. The second-order valence-corrected chi connectivity index (χ2v) is 4.14. The van der Waals surface area contributed by atoms with Gasteiger partial charge in [0, 0.05) is 13.0 Å². The molecule has 2 rings (SSSR count). The Hall–Kier alpha value is -1.42. The molecule has 17 heavy (non-hydrogen) atoms. The zero-order valence-electron chi connectivity index (χ0n) is 9.90. The number of ketones is 1. The van der Waals surface area contributed by atoms with E-state index in [1.165, 1.54) is 6.07 Å². The van der Waals surface area contributed by atoms with Crippen LogP contribution in [0.25, 0.3) is 0 Å². The van der Waals surface area contributed by atoms with Gasteiger partial charge < -0.3 is 9.47 Å². The average Bonchev–Trinajstić information content (AvgIpc) is 2.30. The summed E-state index contributed by atoms with van der Waals surface area (Å²) in [4.78, 5) is 11.3. The number of halogens is 1. The van der Waals surface area contributed by atoms with Crippen molar-refractivity contribution in [2.75, 3.05) is 6.61 Å². The first-order chi connectivity index (χ1) is 8.11. The van der Waals surface area contributed by atoms with Crippen molar-refractivity contribution in [3.8, 4) is 5.75 Å². The molecule has 1 saturated carbocycles. The van der Waals surface area contributed by atoms with Crippen LogP contribution in [0, 0.1) is 12.7 Å². The Morgan fingerprint density at radius 2 is 2.24 bits per heavy atom. The van der Waals surface area contributed by atoms with Gasteiger partial charge in [0.25, 0.3) is 0 Å². The van der Waals surface area contributed by atoms with Crippen LogP contribution in [0.1, 0.15) is 18.9 Å². The second kappa shape index (κ2) is 4.84. The summed E-state index contributed by atoms with van der Waals surface area (Å²) in [5.74, 6) is -0.206. The standard InChI is InChI=1S/C13H15FO3/c1-3-16-13-10(15)7-12(13)17-11-6-8(2)4-5-9(11)14/h4-6,12-13H,3,7H2,1-2H3. The van der Waals surface area contributed by atoms with E-state index in [0.717, 1.165) is 5.56 Å².